The summed E-state index contributed by atoms with van der Waals surface area (Å²) in [5.41, 5.74) is 2.66. The van der Waals surface area contributed by atoms with Gasteiger partial charge in [-0.05, 0) is 43.2 Å². The molecule has 2 aliphatic rings. The van der Waals surface area contributed by atoms with Crippen LogP contribution in [0.1, 0.15) is 44.6 Å². The summed E-state index contributed by atoms with van der Waals surface area (Å²) in [6.07, 6.45) is 1.92. The van der Waals surface area contributed by atoms with Crippen molar-refractivity contribution in [1.29, 1.82) is 0 Å². The van der Waals surface area contributed by atoms with E-state index in [2.05, 4.69) is 11.9 Å². The number of thioether (sulfide) groups is 1. The fourth-order valence-electron chi connectivity index (χ4n) is 4.01. The van der Waals surface area contributed by atoms with E-state index in [1.165, 1.54) is 7.11 Å². The van der Waals surface area contributed by atoms with Crippen molar-refractivity contribution >= 4 is 29.2 Å². The number of methoxy groups -OCH3 is 1. The molecule has 1 unspecified atom stereocenters. The number of nitrogens with zero attached hydrogens (tertiary/aromatic N) is 1. The Hall–Kier alpha value is -2.28. The highest BCUT2D eigenvalue weighted by Crippen LogP contribution is 2.45. The second-order valence-corrected chi connectivity index (χ2v) is 8.54. The van der Waals surface area contributed by atoms with Gasteiger partial charge in [0, 0.05) is 35.1 Å². The number of ether oxygens (including phenoxy) is 2. The van der Waals surface area contributed by atoms with E-state index in [-0.39, 0.29) is 17.5 Å². The predicted octanol–water partition coefficient (Wildman–Crippen LogP) is 3.88. The minimum Gasteiger partial charge on any atom is -0.504 e. The van der Waals surface area contributed by atoms with Crippen LogP contribution in [0.25, 0.3) is 0 Å². The van der Waals surface area contributed by atoms with E-state index < -0.39 is 11.8 Å². The number of allylic oxidation sites excluding steroid dienone is 2. The molecule has 0 saturated carbocycles. The van der Waals surface area contributed by atoms with Crippen LogP contribution in [0.5, 0.6) is 11.5 Å². The van der Waals surface area contributed by atoms with Crippen LogP contribution in [0.3, 0.4) is 0 Å². The summed E-state index contributed by atoms with van der Waals surface area (Å²) in [5, 5.41) is 10.3. The zero-order chi connectivity index (χ0) is 21.0. The molecular formula is C22H27NO5S. The summed E-state index contributed by atoms with van der Waals surface area (Å²) in [7, 11) is 1.48. The fourth-order valence-corrected chi connectivity index (χ4v) is 4.50. The molecule has 1 heterocycles. The summed E-state index contributed by atoms with van der Waals surface area (Å²) >= 11 is 1.70. The van der Waals surface area contributed by atoms with E-state index >= 15 is 0 Å². The molecule has 0 amide bonds. The third-order valence-corrected chi connectivity index (χ3v) is 6.19. The lowest BCUT2D eigenvalue weighted by molar-refractivity contribution is -0.145. The average Bonchev–Trinajstić information content (AvgIpc) is 2.70. The second kappa shape index (κ2) is 9.48. The van der Waals surface area contributed by atoms with Crippen molar-refractivity contribution in [3.63, 3.8) is 0 Å². The van der Waals surface area contributed by atoms with E-state index in [4.69, 9.17) is 9.47 Å². The molecule has 0 radical (unpaired) electrons. The molecule has 1 aromatic carbocycles. The van der Waals surface area contributed by atoms with Gasteiger partial charge in [0.25, 0.3) is 0 Å². The second-order valence-electron chi connectivity index (χ2n) is 7.14. The Morgan fingerprint density at radius 2 is 2.14 bits per heavy atom. The fraction of sp³-hybridized carbons (Fsp3) is 0.500. The van der Waals surface area contributed by atoms with E-state index in [1.54, 1.807) is 30.0 Å². The normalized spacial score (nSPS) is 21.5. The highest BCUT2D eigenvalue weighted by molar-refractivity contribution is 7.99. The van der Waals surface area contributed by atoms with Crippen LogP contribution in [-0.4, -0.2) is 47.8 Å². The molecule has 0 fully saturated rings. The minimum absolute atomic E-state index is 0.0159. The number of hydrogen-bond acceptors (Lipinski definition) is 7. The molecule has 0 bridgehead atoms. The first-order valence-corrected chi connectivity index (χ1v) is 11.1. The number of aromatic hydroxyl groups is 1. The van der Waals surface area contributed by atoms with Gasteiger partial charge in [-0.15, -0.1) is 0 Å². The predicted molar refractivity (Wildman–Crippen MR) is 114 cm³/mol. The van der Waals surface area contributed by atoms with Gasteiger partial charge in [0.05, 0.1) is 7.11 Å². The van der Waals surface area contributed by atoms with E-state index in [0.29, 0.717) is 42.0 Å². The molecule has 0 spiro atoms. The lowest BCUT2D eigenvalue weighted by atomic mass is 9.71. The van der Waals surface area contributed by atoms with Crippen molar-refractivity contribution in [2.45, 2.75) is 39.0 Å². The monoisotopic (exact) mass is 417 g/mol. The molecule has 0 saturated heterocycles. The van der Waals surface area contributed by atoms with Gasteiger partial charge >= 0.3 is 5.97 Å². The molecule has 0 aromatic heterocycles. The topological polar surface area (TPSA) is 85.2 Å². The van der Waals surface area contributed by atoms with Crippen LogP contribution < -0.4 is 4.74 Å². The SMILES string of the molecule is CCSCCOC(=O)C1C(C)=NC2=C(C(=O)CCC2)[C@H]1c1ccc(OC)c(O)c1. The number of phenols is 1. The summed E-state index contributed by atoms with van der Waals surface area (Å²) < 4.78 is 10.7. The molecule has 1 N–H and O–H groups in total. The van der Waals surface area contributed by atoms with Gasteiger partial charge in [-0.3, -0.25) is 14.6 Å². The maximum atomic E-state index is 13.0. The Morgan fingerprint density at radius 1 is 1.34 bits per heavy atom. The van der Waals surface area contributed by atoms with Gasteiger partial charge in [-0.25, -0.2) is 0 Å². The lowest BCUT2D eigenvalue weighted by Crippen LogP contribution is -2.37. The Bertz CT molecular complexity index is 861. The van der Waals surface area contributed by atoms with Crippen molar-refractivity contribution in [3.05, 3.63) is 35.0 Å². The average molecular weight is 418 g/mol. The van der Waals surface area contributed by atoms with Crippen LogP contribution in [-0.2, 0) is 14.3 Å². The van der Waals surface area contributed by atoms with Crippen molar-refractivity contribution in [2.75, 3.05) is 25.2 Å². The van der Waals surface area contributed by atoms with Crippen molar-refractivity contribution < 1.29 is 24.2 Å². The zero-order valence-electron chi connectivity index (χ0n) is 17.1. The molecule has 7 heteroatoms. The Labute approximate surface area is 175 Å². The molecular weight excluding hydrogens is 390 g/mol. The number of ketones is 1. The molecule has 29 heavy (non-hydrogen) atoms. The Balaban J connectivity index is 2.00. The standard InChI is InChI=1S/C22H27NO5S/c1-4-29-11-10-28-22(26)19-13(2)23-15-6-5-7-16(24)21(15)20(19)14-8-9-18(27-3)17(25)12-14/h8-9,12,19-20,25H,4-7,10-11H2,1-3H3/t19?,20-/m0/s1. The first kappa shape index (κ1) is 21.4. The summed E-state index contributed by atoms with van der Waals surface area (Å²) in [6, 6.07) is 5.02. The summed E-state index contributed by atoms with van der Waals surface area (Å²) in [5.74, 6) is 0.437. The Kier molecular flexibility index (Phi) is 7.00. The highest BCUT2D eigenvalue weighted by atomic mass is 32.2. The van der Waals surface area contributed by atoms with Crippen LogP contribution in [0.15, 0.2) is 34.5 Å². The van der Waals surface area contributed by atoms with Crippen LogP contribution in [0, 0.1) is 5.92 Å². The van der Waals surface area contributed by atoms with Crippen LogP contribution in [0.4, 0.5) is 0 Å². The van der Waals surface area contributed by atoms with Gasteiger partial charge in [-0.2, -0.15) is 11.8 Å². The number of hydrogen-bond donors (Lipinski definition) is 1. The molecule has 6 nitrogen and oxygen atoms in total. The Morgan fingerprint density at radius 3 is 2.83 bits per heavy atom. The van der Waals surface area contributed by atoms with Gasteiger partial charge in [0.2, 0.25) is 0 Å². The quantitative estimate of drug-likeness (QED) is 0.535. The maximum absolute atomic E-state index is 13.0. The van der Waals surface area contributed by atoms with Gasteiger partial charge < -0.3 is 14.6 Å². The highest BCUT2D eigenvalue weighted by Gasteiger charge is 2.43. The molecule has 3 rings (SSSR count). The number of benzene rings is 1. The lowest BCUT2D eigenvalue weighted by Gasteiger charge is -2.34. The largest absolute Gasteiger partial charge is 0.504 e. The first-order chi connectivity index (χ1) is 14.0. The van der Waals surface area contributed by atoms with E-state index in [1.807, 2.05) is 6.92 Å². The van der Waals surface area contributed by atoms with Crippen LogP contribution >= 0.6 is 11.8 Å². The third kappa shape index (κ3) is 4.50. The third-order valence-electron chi connectivity index (χ3n) is 5.33. The van der Waals surface area contributed by atoms with Gasteiger partial charge in [-0.1, -0.05) is 13.0 Å². The number of carbonyl (C=O) groups excluding carboxylic acids is 2. The molecule has 2 atom stereocenters. The van der Waals surface area contributed by atoms with Crippen LogP contribution in [0.2, 0.25) is 0 Å². The molecule has 156 valence electrons. The molecule has 1 aliphatic carbocycles. The number of carbonyl (C=O) groups is 2. The number of esters is 1. The number of aliphatic imine (C=N–C) groups is 1. The van der Waals surface area contributed by atoms with Crippen molar-refractivity contribution in [1.82, 2.24) is 0 Å². The van der Waals surface area contributed by atoms with Gasteiger partial charge in [0.15, 0.2) is 17.3 Å². The summed E-state index contributed by atoms with van der Waals surface area (Å²) in [4.78, 5) is 30.5. The summed E-state index contributed by atoms with van der Waals surface area (Å²) in [6.45, 7) is 4.19. The number of Topliss-reactive ketones (excluding diaryl/α,β-unsaturated/α-hetero) is 1. The first-order valence-electron chi connectivity index (χ1n) is 9.90. The van der Waals surface area contributed by atoms with Gasteiger partial charge in [0.1, 0.15) is 12.5 Å². The number of phenolic OH excluding ortho intramolecular Hbond substituents is 1. The minimum atomic E-state index is -0.685. The van der Waals surface area contributed by atoms with Crippen molar-refractivity contribution in [2.24, 2.45) is 10.9 Å². The zero-order valence-corrected chi connectivity index (χ0v) is 17.9. The van der Waals surface area contributed by atoms with E-state index in [0.717, 1.165) is 23.6 Å². The number of rotatable bonds is 7. The van der Waals surface area contributed by atoms with E-state index in [9.17, 15) is 14.7 Å². The van der Waals surface area contributed by atoms with Crippen molar-refractivity contribution in [3.8, 4) is 11.5 Å². The smallest absolute Gasteiger partial charge is 0.315 e. The molecule has 1 aromatic rings. The molecule has 1 aliphatic heterocycles. The maximum Gasteiger partial charge on any atom is 0.315 e.